The molecule has 0 bridgehead atoms. The molecule has 1 amide bonds. The van der Waals surface area contributed by atoms with E-state index >= 15 is 0 Å². The van der Waals surface area contributed by atoms with E-state index in [1.807, 2.05) is 47.7 Å². The van der Waals surface area contributed by atoms with Gasteiger partial charge in [0.25, 0.3) is 5.91 Å². The Kier molecular flexibility index (Phi) is 5.09. The first-order valence-electron chi connectivity index (χ1n) is 8.13. The first-order chi connectivity index (χ1) is 13.0. The number of benzene rings is 2. The number of hydrazone groups is 1. The number of nitrogens with zero attached hydrogens (tertiary/aromatic N) is 2. The highest BCUT2D eigenvalue weighted by Gasteiger charge is 2.42. The minimum absolute atomic E-state index is 0.0960. The van der Waals surface area contributed by atoms with Crippen molar-refractivity contribution < 1.29 is 9.53 Å². The number of fused-ring (bicyclic) bond motifs is 3. The fraction of sp³-hybridized carbons (Fsp3) is 0.222. The third-order valence-corrected chi connectivity index (χ3v) is 6.11. The average molecular weight is 512 g/mol. The molecule has 0 aliphatic carbocycles. The van der Waals surface area contributed by atoms with Crippen molar-refractivity contribution in [2.75, 3.05) is 18.7 Å². The number of carbonyl (C=O) groups excluding carboxylic acids is 1. The van der Waals surface area contributed by atoms with E-state index in [9.17, 15) is 4.79 Å². The first-order valence-corrected chi connectivity index (χ1v) is 10.9. The Morgan fingerprint density at radius 3 is 2.74 bits per heavy atom. The van der Waals surface area contributed by atoms with Gasteiger partial charge in [0.15, 0.2) is 11.2 Å². The van der Waals surface area contributed by atoms with Crippen LogP contribution in [0.3, 0.4) is 0 Å². The van der Waals surface area contributed by atoms with Gasteiger partial charge in [-0.25, -0.2) is 0 Å². The number of halogens is 2. The van der Waals surface area contributed by atoms with E-state index in [2.05, 4.69) is 42.5 Å². The molecule has 0 spiro atoms. The summed E-state index contributed by atoms with van der Waals surface area (Å²) in [5.41, 5.74) is 2.67. The molecule has 140 valence electrons. The fourth-order valence-electron chi connectivity index (χ4n) is 3.36. The maximum Gasteiger partial charge on any atom is 0.255 e. The number of rotatable bonds is 2. The van der Waals surface area contributed by atoms with Gasteiger partial charge in [-0.2, -0.15) is 0 Å². The number of methoxy groups -OCH3 is 1. The van der Waals surface area contributed by atoms with Gasteiger partial charge in [-0.3, -0.25) is 9.80 Å². The van der Waals surface area contributed by atoms with E-state index in [1.54, 1.807) is 7.11 Å². The number of thioether (sulfide) groups is 1. The van der Waals surface area contributed by atoms with E-state index < -0.39 is 6.04 Å². The van der Waals surface area contributed by atoms with Crippen LogP contribution < -0.4 is 15.4 Å². The molecule has 0 saturated carbocycles. The molecule has 2 atom stereocenters. The topological polar surface area (TPSA) is 66.0 Å². The van der Waals surface area contributed by atoms with Gasteiger partial charge in [0.05, 0.1) is 11.6 Å². The molecular formula is C18H16Br2N4O2S. The van der Waals surface area contributed by atoms with E-state index in [1.165, 1.54) is 11.8 Å². The number of hydrogen-bond acceptors (Lipinski definition) is 6. The maximum atomic E-state index is 12.9. The van der Waals surface area contributed by atoms with Crippen LogP contribution in [0.5, 0.6) is 5.75 Å². The summed E-state index contributed by atoms with van der Waals surface area (Å²) in [5, 5.41) is 13.5. The van der Waals surface area contributed by atoms with Crippen LogP contribution in [0.15, 0.2) is 50.4 Å². The molecule has 0 aromatic heterocycles. The Balaban J connectivity index is 1.92. The summed E-state index contributed by atoms with van der Waals surface area (Å²) >= 11 is 8.51. The normalized spacial score (nSPS) is 20.8. The van der Waals surface area contributed by atoms with E-state index in [-0.39, 0.29) is 12.1 Å². The van der Waals surface area contributed by atoms with Crippen molar-refractivity contribution in [1.29, 1.82) is 0 Å². The van der Waals surface area contributed by atoms with Crippen LogP contribution in [-0.2, 0) is 4.79 Å². The van der Waals surface area contributed by atoms with Crippen LogP contribution in [0.25, 0.3) is 0 Å². The lowest BCUT2D eigenvalue weighted by Crippen LogP contribution is -2.50. The van der Waals surface area contributed by atoms with Gasteiger partial charge in [0.1, 0.15) is 11.9 Å². The van der Waals surface area contributed by atoms with Gasteiger partial charge in [0, 0.05) is 21.3 Å². The van der Waals surface area contributed by atoms with Crippen molar-refractivity contribution in [3.63, 3.8) is 0 Å². The SMILES string of the molecule is COc1c(Br)cc(Br)cc1[C@@H]1Nc2ccccc2[C@@H]2C(=O)NC(SC)=NN12. The molecule has 27 heavy (non-hydrogen) atoms. The number of anilines is 1. The summed E-state index contributed by atoms with van der Waals surface area (Å²) in [6.45, 7) is 0. The molecule has 0 unspecified atom stereocenters. The summed E-state index contributed by atoms with van der Waals surface area (Å²) in [7, 11) is 1.63. The third-order valence-electron chi connectivity index (χ3n) is 4.49. The van der Waals surface area contributed by atoms with E-state index in [0.29, 0.717) is 10.9 Å². The van der Waals surface area contributed by atoms with Gasteiger partial charge in [-0.1, -0.05) is 45.9 Å². The van der Waals surface area contributed by atoms with Gasteiger partial charge in [0.2, 0.25) is 0 Å². The van der Waals surface area contributed by atoms with Crippen molar-refractivity contribution in [1.82, 2.24) is 10.3 Å². The molecule has 2 aliphatic rings. The predicted molar refractivity (Wildman–Crippen MR) is 115 cm³/mol. The zero-order valence-corrected chi connectivity index (χ0v) is 18.5. The van der Waals surface area contributed by atoms with Crippen LogP contribution in [0.2, 0.25) is 0 Å². The summed E-state index contributed by atoms with van der Waals surface area (Å²) in [5.74, 6) is 0.599. The second-order valence-corrected chi connectivity index (χ2v) is 8.59. The van der Waals surface area contributed by atoms with Crippen molar-refractivity contribution >= 4 is 60.4 Å². The maximum absolute atomic E-state index is 12.9. The molecule has 2 aromatic carbocycles. The van der Waals surface area contributed by atoms with E-state index in [0.717, 1.165) is 25.8 Å². The highest BCUT2D eigenvalue weighted by atomic mass is 79.9. The lowest BCUT2D eigenvalue weighted by Gasteiger charge is -2.44. The molecule has 9 heteroatoms. The predicted octanol–water partition coefficient (Wildman–Crippen LogP) is 4.45. The lowest BCUT2D eigenvalue weighted by molar-refractivity contribution is -0.127. The first kappa shape index (κ1) is 18.6. The molecule has 4 rings (SSSR count). The summed E-state index contributed by atoms with van der Waals surface area (Å²) in [6.07, 6.45) is 1.51. The Labute approximate surface area is 178 Å². The number of ether oxygens (including phenoxy) is 1. The van der Waals surface area contributed by atoms with Crippen LogP contribution >= 0.6 is 43.6 Å². The van der Waals surface area contributed by atoms with Crippen molar-refractivity contribution in [2.24, 2.45) is 5.10 Å². The van der Waals surface area contributed by atoms with Crippen molar-refractivity contribution in [3.8, 4) is 5.75 Å². The number of hydrogen-bond donors (Lipinski definition) is 2. The van der Waals surface area contributed by atoms with Gasteiger partial charge in [-0.15, -0.1) is 5.10 Å². The van der Waals surface area contributed by atoms with Crippen molar-refractivity contribution in [2.45, 2.75) is 12.2 Å². The molecule has 0 radical (unpaired) electrons. The number of carbonyl (C=O) groups is 1. The number of amidine groups is 1. The van der Waals surface area contributed by atoms with Crippen LogP contribution in [-0.4, -0.2) is 29.4 Å². The third kappa shape index (κ3) is 3.21. The number of amides is 1. The smallest absolute Gasteiger partial charge is 0.255 e. The van der Waals surface area contributed by atoms with Gasteiger partial charge >= 0.3 is 0 Å². The van der Waals surface area contributed by atoms with Crippen LogP contribution in [0, 0.1) is 0 Å². The quantitative estimate of drug-likeness (QED) is 0.623. The second kappa shape index (κ2) is 7.37. The summed E-state index contributed by atoms with van der Waals surface area (Å²) in [4.78, 5) is 12.9. The van der Waals surface area contributed by atoms with Gasteiger partial charge < -0.3 is 15.4 Å². The Hall–Kier alpha value is -1.71. The standard InChI is InChI=1S/C18H16Br2N4O2S/c1-26-15-11(7-9(19)8-12(15)20)16-21-13-6-4-3-5-10(13)14-17(25)22-18(27-2)23-24(14)16/h3-8,14,16,21H,1-2H3,(H,22,23,25)/t14-,16-/m1/s1. The number of nitrogens with one attached hydrogen (secondary N) is 2. The minimum atomic E-state index is -0.522. The Bertz CT molecular complexity index is 953. The monoisotopic (exact) mass is 510 g/mol. The average Bonchev–Trinajstić information content (AvgIpc) is 2.66. The minimum Gasteiger partial charge on any atom is -0.495 e. The van der Waals surface area contributed by atoms with E-state index in [4.69, 9.17) is 9.84 Å². The highest BCUT2D eigenvalue weighted by molar-refractivity contribution is 9.11. The summed E-state index contributed by atoms with van der Waals surface area (Å²) in [6, 6.07) is 11.2. The zero-order valence-electron chi connectivity index (χ0n) is 14.5. The highest BCUT2D eigenvalue weighted by Crippen LogP contribution is 2.46. The number of para-hydroxylation sites is 1. The molecule has 2 aromatic rings. The zero-order chi connectivity index (χ0) is 19.1. The Morgan fingerprint density at radius 2 is 2.00 bits per heavy atom. The van der Waals surface area contributed by atoms with Gasteiger partial charge in [-0.05, 0) is 40.4 Å². The fourth-order valence-corrected chi connectivity index (χ4v) is 5.16. The molecule has 0 fully saturated rings. The largest absolute Gasteiger partial charge is 0.495 e. The second-order valence-electron chi connectivity index (χ2n) is 6.03. The molecule has 2 aliphatic heterocycles. The molecular weight excluding hydrogens is 496 g/mol. The van der Waals surface area contributed by atoms with Crippen LogP contribution in [0.4, 0.5) is 5.69 Å². The van der Waals surface area contributed by atoms with Crippen molar-refractivity contribution in [3.05, 3.63) is 56.5 Å². The molecule has 2 N–H and O–H groups in total. The summed E-state index contributed by atoms with van der Waals surface area (Å²) < 4.78 is 7.37. The lowest BCUT2D eigenvalue weighted by atomic mass is 9.97. The molecule has 0 saturated heterocycles. The van der Waals surface area contributed by atoms with Crippen LogP contribution in [0.1, 0.15) is 23.3 Å². The molecule has 2 heterocycles. The Morgan fingerprint density at radius 1 is 1.22 bits per heavy atom. The molecule has 6 nitrogen and oxygen atoms in total.